The zero-order valence-corrected chi connectivity index (χ0v) is 14.8. The number of ether oxygens (including phenoxy) is 1. The van der Waals surface area contributed by atoms with Crippen molar-refractivity contribution in [1.29, 1.82) is 0 Å². The van der Waals surface area contributed by atoms with E-state index in [1.807, 2.05) is 60.7 Å². The number of nitrogens with one attached hydrogen (secondary N) is 1. The molecule has 3 nitrogen and oxygen atoms in total. The standard InChI is InChI=1S/C19H18ClNO2.ClH/c1-22-17-7-5-14(6-8-17)12-21-13-18-9-10-19(23-18)15-3-2-4-16(20)11-15;/h2-11,21H,12-13H2,1H3;1H/p-1. The van der Waals surface area contributed by atoms with Gasteiger partial charge in [0, 0.05) is 17.1 Å². The molecule has 0 bridgehead atoms. The predicted molar refractivity (Wildman–Crippen MR) is 92.7 cm³/mol. The van der Waals surface area contributed by atoms with Gasteiger partial charge in [-0.1, -0.05) is 35.9 Å². The Labute approximate surface area is 153 Å². The molecule has 1 N–H and O–H groups in total. The molecule has 0 spiro atoms. The maximum atomic E-state index is 6.01. The zero-order chi connectivity index (χ0) is 16.1. The van der Waals surface area contributed by atoms with Crippen molar-refractivity contribution in [3.05, 3.63) is 77.0 Å². The lowest BCUT2D eigenvalue weighted by molar-refractivity contribution is -0.00000542. The highest BCUT2D eigenvalue weighted by Crippen LogP contribution is 2.24. The Morgan fingerprint density at radius 2 is 1.79 bits per heavy atom. The van der Waals surface area contributed by atoms with Crippen molar-refractivity contribution in [3.63, 3.8) is 0 Å². The molecule has 0 saturated heterocycles. The molecule has 0 fully saturated rings. The van der Waals surface area contributed by atoms with Gasteiger partial charge in [0.25, 0.3) is 0 Å². The highest BCUT2D eigenvalue weighted by Gasteiger charge is 2.05. The Bertz CT molecular complexity index is 769. The van der Waals surface area contributed by atoms with Gasteiger partial charge < -0.3 is 26.9 Å². The summed E-state index contributed by atoms with van der Waals surface area (Å²) in [6.45, 7) is 1.45. The largest absolute Gasteiger partial charge is 1.00 e. The normalized spacial score (nSPS) is 10.2. The number of benzene rings is 2. The smallest absolute Gasteiger partial charge is 0.134 e. The van der Waals surface area contributed by atoms with E-state index in [1.54, 1.807) is 7.11 Å². The van der Waals surface area contributed by atoms with Crippen LogP contribution in [0.2, 0.25) is 5.02 Å². The Hall–Kier alpha value is -1.94. The Balaban J connectivity index is 0.00000208. The molecule has 0 amide bonds. The van der Waals surface area contributed by atoms with Crippen LogP contribution in [-0.4, -0.2) is 7.11 Å². The first kappa shape index (κ1) is 18.4. The summed E-state index contributed by atoms with van der Waals surface area (Å²) in [6, 6.07) is 19.6. The van der Waals surface area contributed by atoms with Crippen LogP contribution in [0.1, 0.15) is 11.3 Å². The molecule has 0 atom stereocenters. The van der Waals surface area contributed by atoms with Crippen molar-refractivity contribution in [1.82, 2.24) is 5.32 Å². The molecular weight excluding hydrogens is 345 g/mol. The van der Waals surface area contributed by atoms with Crippen molar-refractivity contribution in [2.24, 2.45) is 0 Å². The van der Waals surface area contributed by atoms with Gasteiger partial charge in [0.2, 0.25) is 0 Å². The molecule has 0 aliphatic carbocycles. The molecule has 0 aliphatic heterocycles. The van der Waals surface area contributed by atoms with E-state index in [1.165, 1.54) is 5.56 Å². The third-order valence-electron chi connectivity index (χ3n) is 3.56. The highest BCUT2D eigenvalue weighted by molar-refractivity contribution is 6.30. The lowest BCUT2D eigenvalue weighted by Gasteiger charge is -2.05. The second-order valence-corrected chi connectivity index (χ2v) is 5.66. The van der Waals surface area contributed by atoms with E-state index in [0.717, 1.165) is 29.4 Å². The molecule has 1 heterocycles. The van der Waals surface area contributed by atoms with Crippen molar-refractivity contribution in [2.75, 3.05) is 7.11 Å². The Morgan fingerprint density at radius 1 is 1.00 bits per heavy atom. The van der Waals surface area contributed by atoms with Crippen LogP contribution in [0.4, 0.5) is 0 Å². The topological polar surface area (TPSA) is 34.4 Å². The van der Waals surface area contributed by atoms with Gasteiger partial charge in [-0.3, -0.25) is 0 Å². The predicted octanol–water partition coefficient (Wildman–Crippen LogP) is 1.90. The first-order chi connectivity index (χ1) is 11.2. The van der Waals surface area contributed by atoms with Crippen LogP contribution in [0.5, 0.6) is 5.75 Å². The van der Waals surface area contributed by atoms with Gasteiger partial charge in [0.05, 0.1) is 13.7 Å². The second-order valence-electron chi connectivity index (χ2n) is 5.23. The molecule has 3 aromatic rings. The van der Waals surface area contributed by atoms with Crippen LogP contribution in [0.25, 0.3) is 11.3 Å². The zero-order valence-electron chi connectivity index (χ0n) is 13.3. The first-order valence-electron chi connectivity index (χ1n) is 7.43. The molecule has 0 unspecified atom stereocenters. The third kappa shape index (κ3) is 4.78. The minimum absolute atomic E-state index is 0. The summed E-state index contributed by atoms with van der Waals surface area (Å²) in [7, 11) is 1.67. The van der Waals surface area contributed by atoms with E-state index in [-0.39, 0.29) is 12.4 Å². The maximum Gasteiger partial charge on any atom is 0.134 e. The quantitative estimate of drug-likeness (QED) is 0.727. The summed E-state index contributed by atoms with van der Waals surface area (Å²) in [5, 5.41) is 4.08. The fourth-order valence-corrected chi connectivity index (χ4v) is 2.53. The maximum absolute atomic E-state index is 6.01. The molecule has 0 radical (unpaired) electrons. The van der Waals surface area contributed by atoms with Crippen LogP contribution < -0.4 is 22.5 Å². The van der Waals surface area contributed by atoms with E-state index in [2.05, 4.69) is 5.32 Å². The molecule has 0 aliphatic rings. The van der Waals surface area contributed by atoms with Gasteiger partial charge >= 0.3 is 0 Å². The first-order valence-corrected chi connectivity index (χ1v) is 7.81. The lowest BCUT2D eigenvalue weighted by atomic mass is 10.2. The SMILES string of the molecule is COc1ccc(CNCc2ccc(-c3cccc(Cl)c3)o2)cc1.[Cl-]. The molecule has 1 aromatic heterocycles. The van der Waals surface area contributed by atoms with Crippen molar-refractivity contribution in [2.45, 2.75) is 13.1 Å². The van der Waals surface area contributed by atoms with Gasteiger partial charge in [-0.05, 0) is 42.0 Å². The van der Waals surface area contributed by atoms with Gasteiger partial charge in [0.15, 0.2) is 0 Å². The number of halogens is 2. The molecule has 126 valence electrons. The van der Waals surface area contributed by atoms with Gasteiger partial charge in [0.1, 0.15) is 17.3 Å². The lowest BCUT2D eigenvalue weighted by Crippen LogP contribution is -3.00. The summed E-state index contributed by atoms with van der Waals surface area (Å²) < 4.78 is 11.0. The number of furan rings is 1. The molecule has 24 heavy (non-hydrogen) atoms. The van der Waals surface area contributed by atoms with Crippen LogP contribution in [0.15, 0.2) is 65.1 Å². The molecule has 2 aromatic carbocycles. The minimum Gasteiger partial charge on any atom is -1.00 e. The van der Waals surface area contributed by atoms with E-state index in [0.29, 0.717) is 11.6 Å². The monoisotopic (exact) mass is 362 g/mol. The summed E-state index contributed by atoms with van der Waals surface area (Å²) in [5.41, 5.74) is 2.19. The number of rotatable bonds is 6. The van der Waals surface area contributed by atoms with Gasteiger partial charge in [-0.25, -0.2) is 0 Å². The summed E-state index contributed by atoms with van der Waals surface area (Å²) >= 11 is 6.01. The van der Waals surface area contributed by atoms with Crippen LogP contribution in [-0.2, 0) is 13.1 Å². The minimum atomic E-state index is 0. The van der Waals surface area contributed by atoms with Crippen LogP contribution in [0.3, 0.4) is 0 Å². The van der Waals surface area contributed by atoms with E-state index >= 15 is 0 Å². The second kappa shape index (κ2) is 8.78. The molecule has 0 saturated carbocycles. The van der Waals surface area contributed by atoms with Crippen molar-refractivity contribution < 1.29 is 21.6 Å². The van der Waals surface area contributed by atoms with E-state index in [4.69, 9.17) is 20.8 Å². The van der Waals surface area contributed by atoms with E-state index in [9.17, 15) is 0 Å². The van der Waals surface area contributed by atoms with Crippen molar-refractivity contribution >= 4 is 11.6 Å². The summed E-state index contributed by atoms with van der Waals surface area (Å²) in [5.74, 6) is 2.59. The number of hydrogen-bond acceptors (Lipinski definition) is 3. The summed E-state index contributed by atoms with van der Waals surface area (Å²) in [6.07, 6.45) is 0. The van der Waals surface area contributed by atoms with Gasteiger partial charge in [-0.15, -0.1) is 0 Å². The average molecular weight is 363 g/mol. The molecule has 3 rings (SSSR count). The number of methoxy groups -OCH3 is 1. The Kier molecular flexibility index (Phi) is 6.73. The fraction of sp³-hybridized carbons (Fsp3) is 0.158. The van der Waals surface area contributed by atoms with E-state index < -0.39 is 0 Å². The molecular formula is C19H18Cl2NO2-. The third-order valence-corrected chi connectivity index (χ3v) is 3.79. The average Bonchev–Trinajstić information content (AvgIpc) is 3.04. The Morgan fingerprint density at radius 3 is 2.50 bits per heavy atom. The summed E-state index contributed by atoms with van der Waals surface area (Å²) in [4.78, 5) is 0. The fourth-order valence-electron chi connectivity index (χ4n) is 2.34. The number of hydrogen-bond donors (Lipinski definition) is 1. The van der Waals surface area contributed by atoms with Crippen molar-refractivity contribution in [3.8, 4) is 17.1 Å². The van der Waals surface area contributed by atoms with Crippen LogP contribution >= 0.6 is 11.6 Å². The van der Waals surface area contributed by atoms with Crippen LogP contribution in [0, 0.1) is 0 Å². The highest BCUT2D eigenvalue weighted by atomic mass is 35.5. The molecule has 5 heteroatoms. The van der Waals surface area contributed by atoms with Gasteiger partial charge in [-0.2, -0.15) is 0 Å².